The smallest absolute Gasteiger partial charge is 0.347 e. The van der Waals surface area contributed by atoms with E-state index in [2.05, 4.69) is 0 Å². The van der Waals surface area contributed by atoms with Crippen LogP contribution in [0.1, 0.15) is 28.4 Å². The molecule has 0 aliphatic rings. The number of halogens is 1. The zero-order valence-electron chi connectivity index (χ0n) is 12.3. The van der Waals surface area contributed by atoms with E-state index < -0.39 is 11.9 Å². The summed E-state index contributed by atoms with van der Waals surface area (Å²) < 4.78 is 10.4. The number of carbonyl (C=O) groups excluding carboxylic acids is 2. The Morgan fingerprint density at radius 3 is 2.32 bits per heavy atom. The van der Waals surface area contributed by atoms with Crippen molar-refractivity contribution >= 4 is 23.5 Å². The van der Waals surface area contributed by atoms with Gasteiger partial charge in [0, 0.05) is 12.8 Å². The largest absolute Gasteiger partial charge is 0.426 e. The number of benzene rings is 2. The summed E-state index contributed by atoms with van der Waals surface area (Å²) in [6, 6.07) is 11.8. The second kappa shape index (κ2) is 7.09. The van der Waals surface area contributed by atoms with Crippen LogP contribution >= 0.6 is 11.6 Å². The third kappa shape index (κ3) is 4.09. The van der Waals surface area contributed by atoms with Crippen LogP contribution in [0, 0.1) is 6.92 Å². The van der Waals surface area contributed by atoms with Gasteiger partial charge in [-0.2, -0.15) is 0 Å². The SMILES string of the molecule is CC(=O)Oc1cc(C)ccc1C(=O)Oc1ccc(CCl)cc1. The van der Waals surface area contributed by atoms with Gasteiger partial charge in [0.05, 0.1) is 0 Å². The molecule has 0 radical (unpaired) electrons. The highest BCUT2D eigenvalue weighted by Crippen LogP contribution is 2.23. The van der Waals surface area contributed by atoms with Crippen LogP contribution < -0.4 is 9.47 Å². The number of hydrogen-bond acceptors (Lipinski definition) is 4. The maximum absolute atomic E-state index is 12.2. The Morgan fingerprint density at radius 1 is 1.05 bits per heavy atom. The van der Waals surface area contributed by atoms with Gasteiger partial charge in [-0.25, -0.2) is 4.79 Å². The third-order valence-corrected chi connectivity index (χ3v) is 3.21. The average Bonchev–Trinajstić information content (AvgIpc) is 2.47. The van der Waals surface area contributed by atoms with Crippen LogP contribution in [0.25, 0.3) is 0 Å². The number of carbonyl (C=O) groups is 2. The Labute approximate surface area is 133 Å². The lowest BCUT2D eigenvalue weighted by Crippen LogP contribution is -2.12. The lowest BCUT2D eigenvalue weighted by molar-refractivity contribution is -0.131. The lowest BCUT2D eigenvalue weighted by atomic mass is 10.1. The molecule has 0 aromatic heterocycles. The second-order valence-electron chi connectivity index (χ2n) is 4.76. The van der Waals surface area contributed by atoms with E-state index in [4.69, 9.17) is 21.1 Å². The lowest BCUT2D eigenvalue weighted by Gasteiger charge is -2.10. The van der Waals surface area contributed by atoms with Gasteiger partial charge < -0.3 is 9.47 Å². The maximum atomic E-state index is 12.2. The Hall–Kier alpha value is -2.33. The normalized spacial score (nSPS) is 10.1. The summed E-state index contributed by atoms with van der Waals surface area (Å²) in [7, 11) is 0. The van der Waals surface area contributed by atoms with Gasteiger partial charge in [0.2, 0.25) is 0 Å². The molecule has 0 aliphatic carbocycles. The molecule has 0 unspecified atom stereocenters. The van der Waals surface area contributed by atoms with E-state index >= 15 is 0 Å². The molecule has 0 bridgehead atoms. The first-order valence-corrected chi connectivity index (χ1v) is 7.19. The first-order valence-electron chi connectivity index (χ1n) is 6.65. The van der Waals surface area contributed by atoms with Crippen LogP contribution in [0.4, 0.5) is 0 Å². The molecule has 0 saturated heterocycles. The van der Waals surface area contributed by atoms with Crippen LogP contribution in [-0.2, 0) is 10.7 Å². The van der Waals surface area contributed by atoms with Crippen LogP contribution in [0.5, 0.6) is 11.5 Å². The van der Waals surface area contributed by atoms with E-state index in [1.807, 2.05) is 6.92 Å². The summed E-state index contributed by atoms with van der Waals surface area (Å²) in [4.78, 5) is 23.4. The highest BCUT2D eigenvalue weighted by atomic mass is 35.5. The summed E-state index contributed by atoms with van der Waals surface area (Å²) in [6.07, 6.45) is 0. The predicted octanol–water partition coefficient (Wildman–Crippen LogP) is 3.88. The minimum Gasteiger partial charge on any atom is -0.426 e. The summed E-state index contributed by atoms with van der Waals surface area (Å²) in [5, 5.41) is 0. The van der Waals surface area contributed by atoms with E-state index in [9.17, 15) is 9.59 Å². The highest BCUT2D eigenvalue weighted by molar-refractivity contribution is 6.17. The molecule has 0 N–H and O–H groups in total. The second-order valence-corrected chi connectivity index (χ2v) is 5.03. The Bertz CT molecular complexity index is 692. The Morgan fingerprint density at radius 2 is 1.73 bits per heavy atom. The molecule has 0 spiro atoms. The zero-order chi connectivity index (χ0) is 16.1. The molecule has 0 amide bonds. The maximum Gasteiger partial charge on any atom is 0.347 e. The van der Waals surface area contributed by atoms with E-state index in [-0.39, 0.29) is 11.3 Å². The van der Waals surface area contributed by atoms with Crippen molar-refractivity contribution < 1.29 is 19.1 Å². The number of esters is 2. The summed E-state index contributed by atoms with van der Waals surface area (Å²) >= 11 is 5.71. The van der Waals surface area contributed by atoms with Crippen molar-refractivity contribution in [3.05, 3.63) is 59.2 Å². The Kier molecular flexibility index (Phi) is 5.17. The van der Waals surface area contributed by atoms with Gasteiger partial charge in [0.1, 0.15) is 17.1 Å². The molecule has 22 heavy (non-hydrogen) atoms. The summed E-state index contributed by atoms with van der Waals surface area (Å²) in [5.41, 5.74) is 2.00. The molecule has 5 heteroatoms. The number of alkyl halides is 1. The molecular weight excluding hydrogens is 304 g/mol. The molecule has 114 valence electrons. The molecule has 2 aromatic rings. The first-order chi connectivity index (χ1) is 10.5. The topological polar surface area (TPSA) is 52.6 Å². The average molecular weight is 319 g/mol. The molecule has 2 aromatic carbocycles. The van der Waals surface area contributed by atoms with E-state index in [0.29, 0.717) is 11.6 Å². The first kappa shape index (κ1) is 16.0. The van der Waals surface area contributed by atoms with Crippen LogP contribution in [0.3, 0.4) is 0 Å². The van der Waals surface area contributed by atoms with Crippen LogP contribution in [0.2, 0.25) is 0 Å². The van der Waals surface area contributed by atoms with E-state index in [1.54, 1.807) is 42.5 Å². The van der Waals surface area contributed by atoms with Gasteiger partial charge >= 0.3 is 11.9 Å². The van der Waals surface area contributed by atoms with Crippen molar-refractivity contribution in [2.75, 3.05) is 0 Å². The standard InChI is InChI=1S/C17H15ClO4/c1-11-3-8-15(16(9-11)21-12(2)19)17(20)22-14-6-4-13(10-18)5-7-14/h3-9H,10H2,1-2H3. The fraction of sp³-hybridized carbons (Fsp3) is 0.176. The van der Waals surface area contributed by atoms with E-state index in [1.165, 1.54) is 6.92 Å². The van der Waals surface area contributed by atoms with Gasteiger partial charge in [-0.15, -0.1) is 11.6 Å². The fourth-order valence-electron chi connectivity index (χ4n) is 1.85. The van der Waals surface area contributed by atoms with Crippen molar-refractivity contribution in [3.8, 4) is 11.5 Å². The molecule has 4 nitrogen and oxygen atoms in total. The number of rotatable bonds is 4. The van der Waals surface area contributed by atoms with Crippen LogP contribution in [0.15, 0.2) is 42.5 Å². The molecule has 0 fully saturated rings. The molecule has 0 heterocycles. The van der Waals surface area contributed by atoms with Gasteiger partial charge in [0.15, 0.2) is 0 Å². The van der Waals surface area contributed by atoms with Crippen molar-refractivity contribution in [1.82, 2.24) is 0 Å². The quantitative estimate of drug-likeness (QED) is 0.488. The van der Waals surface area contributed by atoms with Crippen LogP contribution in [-0.4, -0.2) is 11.9 Å². The van der Waals surface area contributed by atoms with Crippen molar-refractivity contribution in [2.45, 2.75) is 19.7 Å². The molecular formula is C17H15ClO4. The minimum atomic E-state index is -0.588. The third-order valence-electron chi connectivity index (χ3n) is 2.90. The molecule has 0 atom stereocenters. The van der Waals surface area contributed by atoms with Gasteiger partial charge in [0.25, 0.3) is 0 Å². The summed E-state index contributed by atoms with van der Waals surface area (Å²) in [5.74, 6) is -0.105. The van der Waals surface area contributed by atoms with Crippen molar-refractivity contribution in [3.63, 3.8) is 0 Å². The fourth-order valence-corrected chi connectivity index (χ4v) is 2.02. The molecule has 0 aliphatic heterocycles. The highest BCUT2D eigenvalue weighted by Gasteiger charge is 2.16. The Balaban J connectivity index is 2.22. The molecule has 0 saturated carbocycles. The minimum absolute atomic E-state index is 0.190. The number of aryl methyl sites for hydroxylation is 1. The monoisotopic (exact) mass is 318 g/mol. The zero-order valence-corrected chi connectivity index (χ0v) is 13.0. The van der Waals surface area contributed by atoms with Gasteiger partial charge in [-0.3, -0.25) is 4.79 Å². The summed E-state index contributed by atoms with van der Waals surface area (Å²) in [6.45, 7) is 3.12. The van der Waals surface area contributed by atoms with Crippen molar-refractivity contribution in [1.29, 1.82) is 0 Å². The number of ether oxygens (including phenoxy) is 2. The molecule has 2 rings (SSSR count). The van der Waals surface area contributed by atoms with Gasteiger partial charge in [-0.1, -0.05) is 18.2 Å². The predicted molar refractivity (Wildman–Crippen MR) is 83.4 cm³/mol. The van der Waals surface area contributed by atoms with E-state index in [0.717, 1.165) is 11.1 Å². The number of hydrogen-bond donors (Lipinski definition) is 0. The van der Waals surface area contributed by atoms with Gasteiger partial charge in [-0.05, 0) is 42.3 Å². The van der Waals surface area contributed by atoms with Crippen molar-refractivity contribution in [2.24, 2.45) is 0 Å².